The van der Waals surface area contributed by atoms with Crippen LogP contribution in [0.3, 0.4) is 0 Å². The molecule has 0 amide bonds. The second kappa shape index (κ2) is 6.33. The van der Waals surface area contributed by atoms with Gasteiger partial charge >= 0.3 is 0 Å². The summed E-state index contributed by atoms with van der Waals surface area (Å²) in [7, 11) is -3.73. The number of benzene rings is 1. The lowest BCUT2D eigenvalue weighted by Crippen LogP contribution is -2.25. The van der Waals surface area contributed by atoms with Gasteiger partial charge in [-0.1, -0.05) is 17.7 Å². The molecule has 20 heavy (non-hydrogen) atoms. The molecule has 0 bridgehead atoms. The van der Waals surface area contributed by atoms with E-state index in [0.29, 0.717) is 18.4 Å². The molecule has 1 aliphatic heterocycles. The second-order valence-corrected chi connectivity index (χ2v) is 6.38. The van der Waals surface area contributed by atoms with E-state index < -0.39 is 10.1 Å². The van der Waals surface area contributed by atoms with Crippen LogP contribution in [0.25, 0.3) is 0 Å². The fraction of sp³-hybridized carbons (Fsp3) is 0.429. The van der Waals surface area contributed by atoms with Crippen LogP contribution in [0.15, 0.2) is 34.7 Å². The van der Waals surface area contributed by atoms with E-state index >= 15 is 0 Å². The number of carbonyl (C=O) groups excluding carboxylic acids is 1. The number of rotatable bonds is 5. The first kappa shape index (κ1) is 14.9. The maximum Gasteiger partial charge on any atom is 0.296 e. The van der Waals surface area contributed by atoms with Crippen LogP contribution in [0.1, 0.15) is 18.4 Å². The highest BCUT2D eigenvalue weighted by Crippen LogP contribution is 2.17. The van der Waals surface area contributed by atoms with Crippen LogP contribution in [-0.2, 0) is 19.1 Å². The van der Waals surface area contributed by atoms with Crippen molar-refractivity contribution in [2.45, 2.75) is 30.7 Å². The first-order valence-corrected chi connectivity index (χ1v) is 7.87. The van der Waals surface area contributed by atoms with Gasteiger partial charge in [0.25, 0.3) is 10.1 Å². The van der Waals surface area contributed by atoms with Crippen molar-refractivity contribution in [1.82, 2.24) is 5.32 Å². The van der Waals surface area contributed by atoms with Crippen molar-refractivity contribution in [2.75, 3.05) is 13.2 Å². The highest BCUT2D eigenvalue weighted by atomic mass is 32.2. The Labute approximate surface area is 118 Å². The van der Waals surface area contributed by atoms with Crippen LogP contribution in [0.4, 0.5) is 0 Å². The molecule has 1 heterocycles. The molecule has 108 valence electrons. The predicted molar refractivity (Wildman–Crippen MR) is 74.5 cm³/mol. The van der Waals surface area contributed by atoms with Crippen LogP contribution in [-0.4, -0.2) is 33.6 Å². The summed E-state index contributed by atoms with van der Waals surface area (Å²) >= 11 is 0. The summed E-state index contributed by atoms with van der Waals surface area (Å²) in [6, 6.07) is 6.37. The molecule has 0 spiro atoms. The van der Waals surface area contributed by atoms with Crippen LogP contribution < -0.4 is 5.32 Å². The SMILES string of the molecule is Cc1ccc(S(=O)(=O)OCCC2NCCC2=C=O)cc1. The summed E-state index contributed by atoms with van der Waals surface area (Å²) in [6.07, 6.45) is 1.11. The van der Waals surface area contributed by atoms with Gasteiger partial charge in [-0.3, -0.25) is 4.18 Å². The predicted octanol–water partition coefficient (Wildman–Crippen LogP) is 1.21. The standard InChI is InChI=1S/C14H17NO4S/c1-11-2-4-13(5-3-11)20(17,18)19-9-7-14-12(10-16)6-8-15-14/h2-5,14-15H,6-9H2,1H3. The van der Waals surface area contributed by atoms with E-state index in [9.17, 15) is 13.2 Å². The van der Waals surface area contributed by atoms with Crippen molar-refractivity contribution in [1.29, 1.82) is 0 Å². The van der Waals surface area contributed by atoms with E-state index in [-0.39, 0.29) is 17.5 Å². The first-order valence-electron chi connectivity index (χ1n) is 6.46. The van der Waals surface area contributed by atoms with Crippen molar-refractivity contribution in [3.05, 3.63) is 35.4 Å². The minimum absolute atomic E-state index is 0.0407. The molecule has 1 atom stereocenters. The Hall–Kier alpha value is -1.46. The molecule has 0 saturated carbocycles. The lowest BCUT2D eigenvalue weighted by Gasteiger charge is -2.11. The number of nitrogens with one attached hydrogen (secondary N) is 1. The molecule has 5 nitrogen and oxygen atoms in total. The monoisotopic (exact) mass is 295 g/mol. The molecule has 0 aromatic heterocycles. The van der Waals surface area contributed by atoms with E-state index in [1.807, 2.05) is 12.9 Å². The normalized spacial score (nSPS) is 19.1. The van der Waals surface area contributed by atoms with Gasteiger partial charge in [0.15, 0.2) is 0 Å². The lowest BCUT2D eigenvalue weighted by atomic mass is 10.1. The van der Waals surface area contributed by atoms with E-state index in [4.69, 9.17) is 4.18 Å². The molecule has 1 N–H and O–H groups in total. The summed E-state index contributed by atoms with van der Waals surface area (Å²) in [4.78, 5) is 10.8. The Morgan fingerprint density at radius 3 is 2.70 bits per heavy atom. The molecule has 0 radical (unpaired) electrons. The number of hydrogen-bond acceptors (Lipinski definition) is 5. The zero-order chi connectivity index (χ0) is 14.6. The van der Waals surface area contributed by atoms with Gasteiger partial charge in [0.05, 0.1) is 11.5 Å². The zero-order valence-electron chi connectivity index (χ0n) is 11.3. The Balaban J connectivity index is 1.93. The molecular weight excluding hydrogens is 278 g/mol. The Bertz CT molecular complexity index is 615. The highest BCUT2D eigenvalue weighted by Gasteiger charge is 2.22. The molecule has 2 rings (SSSR count). The summed E-state index contributed by atoms with van der Waals surface area (Å²) in [5.74, 6) is 1.90. The van der Waals surface area contributed by atoms with Crippen molar-refractivity contribution in [3.8, 4) is 0 Å². The first-order chi connectivity index (χ1) is 9.53. The van der Waals surface area contributed by atoms with Crippen LogP contribution in [0.5, 0.6) is 0 Å². The summed E-state index contributed by atoms with van der Waals surface area (Å²) < 4.78 is 28.9. The summed E-state index contributed by atoms with van der Waals surface area (Å²) in [6.45, 7) is 2.65. The minimum atomic E-state index is -3.73. The molecular formula is C14H17NO4S. The molecule has 1 unspecified atom stereocenters. The van der Waals surface area contributed by atoms with Gasteiger partial charge in [-0.15, -0.1) is 0 Å². The van der Waals surface area contributed by atoms with E-state index in [1.54, 1.807) is 12.1 Å². The van der Waals surface area contributed by atoms with E-state index in [0.717, 1.165) is 12.1 Å². The van der Waals surface area contributed by atoms with Crippen LogP contribution in [0, 0.1) is 6.92 Å². The maximum atomic E-state index is 11.9. The van der Waals surface area contributed by atoms with Crippen molar-refractivity contribution >= 4 is 16.1 Å². The molecule has 1 saturated heterocycles. The molecule has 1 aromatic carbocycles. The quantitative estimate of drug-likeness (QED) is 0.653. The highest BCUT2D eigenvalue weighted by molar-refractivity contribution is 7.86. The van der Waals surface area contributed by atoms with Gasteiger partial charge in [-0.2, -0.15) is 8.42 Å². The van der Waals surface area contributed by atoms with E-state index in [1.165, 1.54) is 12.1 Å². The fourth-order valence-electron chi connectivity index (χ4n) is 2.13. The number of aryl methyl sites for hydroxylation is 1. The van der Waals surface area contributed by atoms with Gasteiger partial charge in [0.1, 0.15) is 5.94 Å². The lowest BCUT2D eigenvalue weighted by molar-refractivity contribution is 0.301. The summed E-state index contributed by atoms with van der Waals surface area (Å²) in [5.41, 5.74) is 1.64. The van der Waals surface area contributed by atoms with Crippen molar-refractivity contribution < 1.29 is 17.4 Å². The smallest absolute Gasteiger partial charge is 0.296 e. The Morgan fingerprint density at radius 1 is 1.35 bits per heavy atom. The van der Waals surface area contributed by atoms with E-state index in [2.05, 4.69) is 5.32 Å². The molecule has 1 aliphatic rings. The van der Waals surface area contributed by atoms with Crippen molar-refractivity contribution in [2.24, 2.45) is 0 Å². The Morgan fingerprint density at radius 2 is 2.05 bits per heavy atom. The molecule has 1 fully saturated rings. The van der Waals surface area contributed by atoms with Crippen LogP contribution in [0.2, 0.25) is 0 Å². The number of hydrogen-bond donors (Lipinski definition) is 1. The maximum absolute atomic E-state index is 11.9. The second-order valence-electron chi connectivity index (χ2n) is 4.76. The average Bonchev–Trinajstić information content (AvgIpc) is 2.86. The van der Waals surface area contributed by atoms with Gasteiger partial charge < -0.3 is 5.32 Å². The van der Waals surface area contributed by atoms with Gasteiger partial charge in [-0.05, 0) is 31.9 Å². The van der Waals surface area contributed by atoms with Crippen molar-refractivity contribution in [3.63, 3.8) is 0 Å². The Kier molecular flexibility index (Phi) is 4.73. The largest absolute Gasteiger partial charge is 0.309 e. The van der Waals surface area contributed by atoms with Gasteiger partial charge in [-0.25, -0.2) is 4.79 Å². The van der Waals surface area contributed by atoms with Gasteiger partial charge in [0, 0.05) is 18.2 Å². The minimum Gasteiger partial charge on any atom is -0.309 e. The third-order valence-electron chi connectivity index (χ3n) is 3.29. The van der Waals surface area contributed by atoms with Crippen LogP contribution >= 0.6 is 0 Å². The molecule has 1 aromatic rings. The van der Waals surface area contributed by atoms with Gasteiger partial charge in [0.2, 0.25) is 0 Å². The zero-order valence-corrected chi connectivity index (χ0v) is 12.1. The molecule has 6 heteroatoms. The topological polar surface area (TPSA) is 72.5 Å². The third-order valence-corrected chi connectivity index (χ3v) is 4.62. The molecule has 0 aliphatic carbocycles. The summed E-state index contributed by atoms with van der Waals surface area (Å²) in [5, 5.41) is 3.12. The fourth-order valence-corrected chi connectivity index (χ4v) is 3.05. The average molecular weight is 295 g/mol. The third kappa shape index (κ3) is 3.55.